The molecule has 8 heteroatoms. The van der Waals surface area contributed by atoms with E-state index in [9.17, 15) is 15.4 Å². The van der Waals surface area contributed by atoms with Crippen molar-refractivity contribution in [3.63, 3.8) is 0 Å². The largest absolute Gasteiger partial charge is 0.367 e. The lowest BCUT2D eigenvalue weighted by molar-refractivity contribution is -0.384. The first-order valence-electron chi connectivity index (χ1n) is 7.48. The Morgan fingerprint density at radius 1 is 1.35 bits per heavy atom. The van der Waals surface area contributed by atoms with Crippen LogP contribution in [-0.4, -0.2) is 53.0 Å². The second kappa shape index (κ2) is 6.46. The number of non-ortho nitro benzene ring substituents is 1. The lowest BCUT2D eigenvalue weighted by atomic mass is 10.1. The molecule has 1 saturated heterocycles. The highest BCUT2D eigenvalue weighted by Gasteiger charge is 2.26. The molecule has 2 heterocycles. The Balaban J connectivity index is 1.70. The van der Waals surface area contributed by atoms with Crippen molar-refractivity contribution in [3.05, 3.63) is 33.9 Å². The molecule has 0 saturated carbocycles. The van der Waals surface area contributed by atoms with Gasteiger partial charge in [-0.1, -0.05) is 18.7 Å². The van der Waals surface area contributed by atoms with E-state index in [4.69, 9.17) is 0 Å². The van der Waals surface area contributed by atoms with Crippen molar-refractivity contribution in [3.8, 4) is 6.07 Å². The van der Waals surface area contributed by atoms with E-state index in [-0.39, 0.29) is 5.69 Å². The first-order chi connectivity index (χ1) is 11.1. The summed E-state index contributed by atoms with van der Waals surface area (Å²) in [6.07, 6.45) is 0. The van der Waals surface area contributed by atoms with E-state index in [1.54, 1.807) is 6.07 Å². The van der Waals surface area contributed by atoms with E-state index in [1.165, 1.54) is 12.1 Å². The topological polar surface area (TPSA) is 85.8 Å². The van der Waals surface area contributed by atoms with Gasteiger partial charge < -0.3 is 9.80 Å². The SMILES string of the molecule is CC1CN=C(N2CCN(c3ccc([N+](=O)[O-])cc3C#N)CC2)S1. The zero-order chi connectivity index (χ0) is 16.4. The summed E-state index contributed by atoms with van der Waals surface area (Å²) >= 11 is 1.81. The number of piperazine rings is 1. The van der Waals surface area contributed by atoms with Crippen LogP contribution in [0.3, 0.4) is 0 Å². The first kappa shape index (κ1) is 15.6. The van der Waals surface area contributed by atoms with E-state index >= 15 is 0 Å². The van der Waals surface area contributed by atoms with Crippen LogP contribution in [0.1, 0.15) is 12.5 Å². The molecule has 1 aromatic carbocycles. The number of amidine groups is 1. The van der Waals surface area contributed by atoms with E-state index in [0.29, 0.717) is 10.8 Å². The van der Waals surface area contributed by atoms with Crippen molar-refractivity contribution in [1.82, 2.24) is 4.90 Å². The zero-order valence-electron chi connectivity index (χ0n) is 12.8. The molecule has 2 aliphatic heterocycles. The second-order valence-electron chi connectivity index (χ2n) is 5.60. The Hall–Kier alpha value is -2.27. The number of hydrogen-bond acceptors (Lipinski definition) is 7. The summed E-state index contributed by atoms with van der Waals surface area (Å²) in [7, 11) is 0. The van der Waals surface area contributed by atoms with Gasteiger partial charge in [-0.25, -0.2) is 0 Å². The predicted molar refractivity (Wildman–Crippen MR) is 91.0 cm³/mol. The molecule has 2 aliphatic rings. The van der Waals surface area contributed by atoms with Crippen LogP contribution in [0, 0.1) is 21.4 Å². The highest BCUT2D eigenvalue weighted by atomic mass is 32.2. The summed E-state index contributed by atoms with van der Waals surface area (Å²) in [5.74, 6) is 0. The van der Waals surface area contributed by atoms with Crippen molar-refractivity contribution < 1.29 is 4.92 Å². The average Bonchev–Trinajstić information content (AvgIpc) is 3.01. The van der Waals surface area contributed by atoms with Gasteiger partial charge in [-0.2, -0.15) is 5.26 Å². The van der Waals surface area contributed by atoms with Gasteiger partial charge in [-0.15, -0.1) is 0 Å². The molecule has 1 atom stereocenters. The third-order valence-electron chi connectivity index (χ3n) is 3.99. The van der Waals surface area contributed by atoms with Crippen molar-refractivity contribution in [1.29, 1.82) is 5.26 Å². The quantitative estimate of drug-likeness (QED) is 0.609. The molecule has 120 valence electrons. The second-order valence-corrected chi connectivity index (χ2v) is 7.00. The molecule has 0 aromatic heterocycles. The molecule has 0 bridgehead atoms. The summed E-state index contributed by atoms with van der Waals surface area (Å²) in [6, 6.07) is 6.56. The predicted octanol–water partition coefficient (Wildman–Crippen LogP) is 2.08. The van der Waals surface area contributed by atoms with Crippen molar-refractivity contribution in [2.45, 2.75) is 12.2 Å². The van der Waals surface area contributed by atoms with Crippen molar-refractivity contribution >= 4 is 28.3 Å². The third-order valence-corrected chi connectivity index (χ3v) is 5.14. The number of aliphatic imine (C=N–C) groups is 1. The van der Waals surface area contributed by atoms with E-state index in [2.05, 4.69) is 27.8 Å². The molecule has 7 nitrogen and oxygen atoms in total. The van der Waals surface area contributed by atoms with Gasteiger partial charge in [0.2, 0.25) is 0 Å². The standard InChI is InChI=1S/C15H17N5O2S/c1-11-10-17-15(23-11)19-6-4-18(5-7-19)14-3-2-13(20(21)22)8-12(14)9-16/h2-3,8,11H,4-7,10H2,1H3. The van der Waals surface area contributed by atoms with Gasteiger partial charge in [0.05, 0.1) is 22.7 Å². The number of thioether (sulfide) groups is 1. The van der Waals surface area contributed by atoms with Gasteiger partial charge >= 0.3 is 0 Å². The number of anilines is 1. The molecule has 3 rings (SSSR count). The van der Waals surface area contributed by atoms with Gasteiger partial charge in [0.25, 0.3) is 5.69 Å². The average molecular weight is 331 g/mol. The number of nitriles is 1. The zero-order valence-corrected chi connectivity index (χ0v) is 13.6. The molecule has 0 amide bonds. The van der Waals surface area contributed by atoms with Crippen LogP contribution in [0.2, 0.25) is 0 Å². The molecule has 0 aliphatic carbocycles. The maximum atomic E-state index is 10.8. The lowest BCUT2D eigenvalue weighted by Gasteiger charge is -2.37. The van der Waals surface area contributed by atoms with E-state index < -0.39 is 4.92 Å². The van der Waals surface area contributed by atoms with Crippen LogP contribution in [0.5, 0.6) is 0 Å². The number of rotatable bonds is 2. The Morgan fingerprint density at radius 3 is 2.61 bits per heavy atom. The summed E-state index contributed by atoms with van der Waals surface area (Å²) in [6.45, 7) is 6.30. The van der Waals surface area contributed by atoms with Gasteiger partial charge in [0.15, 0.2) is 5.17 Å². The molecule has 23 heavy (non-hydrogen) atoms. The summed E-state index contributed by atoms with van der Waals surface area (Å²) in [5, 5.41) is 21.8. The fourth-order valence-corrected chi connectivity index (χ4v) is 3.77. The number of nitrogens with zero attached hydrogens (tertiary/aromatic N) is 5. The van der Waals surface area contributed by atoms with Crippen LogP contribution < -0.4 is 4.90 Å². The number of hydrogen-bond donors (Lipinski definition) is 0. The van der Waals surface area contributed by atoms with Crippen LogP contribution in [0.4, 0.5) is 11.4 Å². The molecule has 1 aromatic rings. The highest BCUT2D eigenvalue weighted by molar-refractivity contribution is 8.14. The van der Waals surface area contributed by atoms with Crippen LogP contribution >= 0.6 is 11.8 Å². The van der Waals surface area contributed by atoms with Crippen LogP contribution in [0.25, 0.3) is 0 Å². The Bertz CT molecular complexity index is 692. The normalized spacial score (nSPS) is 21.0. The molecule has 0 radical (unpaired) electrons. The summed E-state index contributed by atoms with van der Waals surface area (Å²) in [5.41, 5.74) is 1.08. The molecular weight excluding hydrogens is 314 g/mol. The Morgan fingerprint density at radius 2 is 2.04 bits per heavy atom. The van der Waals surface area contributed by atoms with Gasteiger partial charge in [-0.05, 0) is 6.07 Å². The van der Waals surface area contributed by atoms with Crippen LogP contribution in [-0.2, 0) is 0 Å². The van der Waals surface area contributed by atoms with Crippen molar-refractivity contribution in [2.75, 3.05) is 37.6 Å². The molecule has 1 unspecified atom stereocenters. The molecule has 0 N–H and O–H groups in total. The minimum absolute atomic E-state index is 0.0466. The number of nitro groups is 1. The molecule has 1 fully saturated rings. The fraction of sp³-hybridized carbons (Fsp3) is 0.467. The monoisotopic (exact) mass is 331 g/mol. The third kappa shape index (κ3) is 3.24. The van der Waals surface area contributed by atoms with Gasteiger partial charge in [-0.3, -0.25) is 15.1 Å². The minimum Gasteiger partial charge on any atom is -0.367 e. The van der Waals surface area contributed by atoms with E-state index in [1.807, 2.05) is 11.8 Å². The van der Waals surface area contributed by atoms with Gasteiger partial charge in [0.1, 0.15) is 6.07 Å². The maximum Gasteiger partial charge on any atom is 0.270 e. The smallest absolute Gasteiger partial charge is 0.270 e. The van der Waals surface area contributed by atoms with Gasteiger partial charge in [0, 0.05) is 43.6 Å². The lowest BCUT2D eigenvalue weighted by Crippen LogP contribution is -2.48. The number of nitro benzene ring substituents is 1. The maximum absolute atomic E-state index is 10.8. The van der Waals surface area contributed by atoms with E-state index in [0.717, 1.165) is 43.6 Å². The Kier molecular flexibility index (Phi) is 4.39. The molecular formula is C15H17N5O2S. The highest BCUT2D eigenvalue weighted by Crippen LogP contribution is 2.28. The first-order valence-corrected chi connectivity index (χ1v) is 8.36. The fourth-order valence-electron chi connectivity index (χ4n) is 2.78. The Labute approximate surface area is 138 Å². The van der Waals surface area contributed by atoms with Crippen LogP contribution in [0.15, 0.2) is 23.2 Å². The minimum atomic E-state index is -0.473. The number of benzene rings is 1. The molecule has 0 spiro atoms. The summed E-state index contributed by atoms with van der Waals surface area (Å²) < 4.78 is 0. The van der Waals surface area contributed by atoms with Crippen molar-refractivity contribution in [2.24, 2.45) is 4.99 Å². The summed E-state index contributed by atoms with van der Waals surface area (Å²) in [4.78, 5) is 19.3.